The van der Waals surface area contributed by atoms with Gasteiger partial charge in [-0.3, -0.25) is 14.6 Å². The number of nitrogens with zero attached hydrogens (tertiary/aromatic N) is 3. The number of amides is 1. The van der Waals surface area contributed by atoms with E-state index in [9.17, 15) is 4.79 Å². The van der Waals surface area contributed by atoms with E-state index < -0.39 is 0 Å². The summed E-state index contributed by atoms with van der Waals surface area (Å²) in [6.07, 6.45) is 0.920. The van der Waals surface area contributed by atoms with Crippen LogP contribution in [-0.4, -0.2) is 54.5 Å². The van der Waals surface area contributed by atoms with Crippen molar-refractivity contribution in [1.82, 2.24) is 9.80 Å². The standard InChI is InChI=1S/C21H26N4O/c22-18-6-4-5-17(15-18)16-23-11-13-24(14-12-23)20-9-10-25(21(20)26)19-7-2-1-3-8-19/h1-8,15,20H,9-14,16,22H2. The number of rotatable bonds is 4. The summed E-state index contributed by atoms with van der Waals surface area (Å²) in [7, 11) is 0. The maximum atomic E-state index is 12.9. The van der Waals surface area contributed by atoms with Crippen LogP contribution >= 0.6 is 0 Å². The Kier molecular flexibility index (Phi) is 4.91. The molecule has 0 bridgehead atoms. The van der Waals surface area contributed by atoms with Gasteiger partial charge in [-0.15, -0.1) is 0 Å². The van der Waals surface area contributed by atoms with Gasteiger partial charge in [0.25, 0.3) is 0 Å². The first-order valence-electron chi connectivity index (χ1n) is 9.38. The first kappa shape index (κ1) is 17.1. The molecule has 26 heavy (non-hydrogen) atoms. The van der Waals surface area contributed by atoms with Crippen LogP contribution in [0.5, 0.6) is 0 Å². The number of nitrogen functional groups attached to an aromatic ring is 1. The molecule has 2 saturated heterocycles. The number of nitrogens with two attached hydrogens (primary N) is 1. The lowest BCUT2D eigenvalue weighted by molar-refractivity contribution is -0.122. The smallest absolute Gasteiger partial charge is 0.244 e. The van der Waals surface area contributed by atoms with Gasteiger partial charge in [0.15, 0.2) is 0 Å². The highest BCUT2D eigenvalue weighted by Crippen LogP contribution is 2.25. The number of carbonyl (C=O) groups is 1. The quantitative estimate of drug-likeness (QED) is 0.859. The molecule has 4 rings (SSSR count). The Bertz CT molecular complexity index is 756. The van der Waals surface area contributed by atoms with Crippen molar-refractivity contribution in [3.8, 4) is 0 Å². The molecular weight excluding hydrogens is 324 g/mol. The zero-order valence-corrected chi connectivity index (χ0v) is 15.1. The Morgan fingerprint density at radius 3 is 2.42 bits per heavy atom. The molecule has 2 aromatic carbocycles. The SMILES string of the molecule is Nc1cccc(CN2CCN(C3CCN(c4ccccc4)C3=O)CC2)c1. The molecule has 2 N–H and O–H groups in total. The van der Waals surface area contributed by atoms with Crippen molar-refractivity contribution in [1.29, 1.82) is 0 Å². The molecular formula is C21H26N4O. The first-order chi connectivity index (χ1) is 12.7. The second-order valence-electron chi connectivity index (χ2n) is 7.19. The molecule has 136 valence electrons. The summed E-state index contributed by atoms with van der Waals surface area (Å²) in [5.74, 6) is 0.250. The molecule has 0 aromatic heterocycles. The molecule has 5 heteroatoms. The molecule has 2 heterocycles. The van der Waals surface area contributed by atoms with Gasteiger partial charge in [-0.1, -0.05) is 30.3 Å². The van der Waals surface area contributed by atoms with E-state index in [2.05, 4.69) is 15.9 Å². The minimum atomic E-state index is 0.0322. The summed E-state index contributed by atoms with van der Waals surface area (Å²) in [6, 6.07) is 18.1. The van der Waals surface area contributed by atoms with Crippen molar-refractivity contribution in [3.05, 3.63) is 60.2 Å². The molecule has 1 amide bonds. The van der Waals surface area contributed by atoms with Crippen LogP contribution < -0.4 is 10.6 Å². The lowest BCUT2D eigenvalue weighted by atomic mass is 10.1. The lowest BCUT2D eigenvalue weighted by Gasteiger charge is -2.37. The highest BCUT2D eigenvalue weighted by Gasteiger charge is 2.37. The predicted molar refractivity (Wildman–Crippen MR) is 105 cm³/mol. The Hall–Kier alpha value is -2.37. The molecule has 0 radical (unpaired) electrons. The molecule has 0 saturated carbocycles. The zero-order valence-electron chi connectivity index (χ0n) is 15.1. The summed E-state index contributed by atoms with van der Waals surface area (Å²) < 4.78 is 0. The van der Waals surface area contributed by atoms with Gasteiger partial charge in [-0.25, -0.2) is 0 Å². The van der Waals surface area contributed by atoms with Crippen molar-refractivity contribution in [3.63, 3.8) is 0 Å². The minimum Gasteiger partial charge on any atom is -0.399 e. The summed E-state index contributed by atoms with van der Waals surface area (Å²) in [5, 5.41) is 0. The monoisotopic (exact) mass is 350 g/mol. The summed E-state index contributed by atoms with van der Waals surface area (Å²) in [4.78, 5) is 19.6. The van der Waals surface area contributed by atoms with Crippen LogP contribution in [0.1, 0.15) is 12.0 Å². The van der Waals surface area contributed by atoms with Crippen molar-refractivity contribution < 1.29 is 4.79 Å². The average Bonchev–Trinajstić information content (AvgIpc) is 3.05. The van der Waals surface area contributed by atoms with Gasteiger partial charge in [0.2, 0.25) is 5.91 Å². The highest BCUT2D eigenvalue weighted by molar-refractivity contribution is 5.99. The van der Waals surface area contributed by atoms with Gasteiger partial charge >= 0.3 is 0 Å². The normalized spacial score (nSPS) is 22.1. The molecule has 5 nitrogen and oxygen atoms in total. The van der Waals surface area contributed by atoms with Crippen molar-refractivity contribution >= 4 is 17.3 Å². The molecule has 0 spiro atoms. The maximum absolute atomic E-state index is 12.9. The van der Waals surface area contributed by atoms with Gasteiger partial charge in [0, 0.05) is 50.6 Å². The fraction of sp³-hybridized carbons (Fsp3) is 0.381. The van der Waals surface area contributed by atoms with E-state index >= 15 is 0 Å². The van der Waals surface area contributed by atoms with Gasteiger partial charge < -0.3 is 10.6 Å². The fourth-order valence-electron chi connectivity index (χ4n) is 4.05. The van der Waals surface area contributed by atoms with Gasteiger partial charge in [0.05, 0.1) is 6.04 Å². The van der Waals surface area contributed by atoms with Crippen molar-refractivity contribution in [2.24, 2.45) is 0 Å². The second kappa shape index (κ2) is 7.48. The molecule has 1 unspecified atom stereocenters. The lowest BCUT2D eigenvalue weighted by Crippen LogP contribution is -2.52. The van der Waals surface area contributed by atoms with Gasteiger partial charge in [0.1, 0.15) is 0 Å². The minimum absolute atomic E-state index is 0.0322. The molecule has 2 aliphatic heterocycles. The van der Waals surface area contributed by atoms with Gasteiger partial charge in [-0.05, 0) is 36.2 Å². The third-order valence-electron chi connectivity index (χ3n) is 5.45. The number of anilines is 2. The Labute approximate surface area is 155 Å². The second-order valence-corrected chi connectivity index (χ2v) is 7.19. The number of hydrogen-bond acceptors (Lipinski definition) is 4. The van der Waals surface area contributed by atoms with Crippen LogP contribution in [-0.2, 0) is 11.3 Å². The number of carbonyl (C=O) groups excluding carboxylic acids is 1. The number of para-hydroxylation sites is 1. The summed E-state index contributed by atoms with van der Waals surface area (Å²) in [5.41, 5.74) is 8.96. The van der Waals surface area contributed by atoms with E-state index in [1.165, 1.54) is 5.56 Å². The van der Waals surface area contributed by atoms with Crippen molar-refractivity contribution in [2.45, 2.75) is 19.0 Å². The van der Waals surface area contributed by atoms with Crippen LogP contribution in [0.3, 0.4) is 0 Å². The average molecular weight is 350 g/mol. The number of hydrogen-bond donors (Lipinski definition) is 1. The van der Waals surface area contributed by atoms with Crippen LogP contribution in [0.25, 0.3) is 0 Å². The van der Waals surface area contributed by atoms with E-state index in [0.717, 1.165) is 57.1 Å². The Morgan fingerprint density at radius 2 is 1.69 bits per heavy atom. The van der Waals surface area contributed by atoms with E-state index in [1.807, 2.05) is 53.4 Å². The predicted octanol–water partition coefficient (Wildman–Crippen LogP) is 2.19. The van der Waals surface area contributed by atoms with Crippen molar-refractivity contribution in [2.75, 3.05) is 43.4 Å². The molecule has 2 aromatic rings. The number of benzene rings is 2. The molecule has 2 aliphatic rings. The van der Waals surface area contributed by atoms with Gasteiger partial charge in [-0.2, -0.15) is 0 Å². The van der Waals surface area contributed by atoms with E-state index in [1.54, 1.807) is 0 Å². The fourth-order valence-corrected chi connectivity index (χ4v) is 4.05. The third-order valence-corrected chi connectivity index (χ3v) is 5.45. The largest absolute Gasteiger partial charge is 0.399 e. The van der Waals surface area contributed by atoms with Crippen LogP contribution in [0.4, 0.5) is 11.4 Å². The van der Waals surface area contributed by atoms with Crippen LogP contribution in [0, 0.1) is 0 Å². The maximum Gasteiger partial charge on any atom is 0.244 e. The van der Waals surface area contributed by atoms with E-state index in [0.29, 0.717) is 0 Å². The topological polar surface area (TPSA) is 52.8 Å². The van der Waals surface area contributed by atoms with Crippen LogP contribution in [0.15, 0.2) is 54.6 Å². The summed E-state index contributed by atoms with van der Waals surface area (Å²) >= 11 is 0. The number of piperazine rings is 1. The molecule has 0 aliphatic carbocycles. The van der Waals surface area contributed by atoms with Crippen LogP contribution in [0.2, 0.25) is 0 Å². The Morgan fingerprint density at radius 1 is 0.923 bits per heavy atom. The highest BCUT2D eigenvalue weighted by atomic mass is 16.2. The van der Waals surface area contributed by atoms with E-state index in [-0.39, 0.29) is 11.9 Å². The molecule has 2 fully saturated rings. The third kappa shape index (κ3) is 3.59. The van der Waals surface area contributed by atoms with E-state index in [4.69, 9.17) is 5.73 Å². The molecule has 1 atom stereocenters. The Balaban J connectivity index is 1.33. The zero-order chi connectivity index (χ0) is 17.9. The first-order valence-corrected chi connectivity index (χ1v) is 9.38. The summed E-state index contributed by atoms with van der Waals surface area (Å²) in [6.45, 7) is 5.61.